The molecule has 0 radical (unpaired) electrons. The quantitative estimate of drug-likeness (QED) is 0.0132. The van der Waals surface area contributed by atoms with Crippen molar-refractivity contribution in [2.45, 2.75) is 113 Å². The maximum absolute atomic E-state index is 14.8. The van der Waals surface area contributed by atoms with Gasteiger partial charge in [-0.3, -0.25) is 62.8 Å². The Kier molecular flexibility index (Phi) is 24.5. The third kappa shape index (κ3) is 20.0. The highest BCUT2D eigenvalue weighted by atomic mass is 33.1. The van der Waals surface area contributed by atoms with E-state index in [4.69, 9.17) is 22.9 Å². The first-order chi connectivity index (χ1) is 40.7. The molecule has 2 aliphatic heterocycles. The van der Waals surface area contributed by atoms with E-state index >= 15 is 0 Å². The molecule has 85 heavy (non-hydrogen) atoms. The molecule has 10 amide bonds. The van der Waals surface area contributed by atoms with Gasteiger partial charge in [-0.25, -0.2) is 9.78 Å². The number of carboxylic acids is 1. The van der Waals surface area contributed by atoms with Gasteiger partial charge in [0, 0.05) is 79.3 Å². The van der Waals surface area contributed by atoms with E-state index in [9.17, 15) is 57.8 Å². The largest absolute Gasteiger partial charge is 0.481 e. The predicted molar refractivity (Wildman–Crippen MR) is 314 cm³/mol. The number of carboxylic acid groups (broad SMARTS) is 1. The fourth-order valence-corrected chi connectivity index (χ4v) is 11.5. The number of aromatic nitrogens is 3. The summed E-state index contributed by atoms with van der Waals surface area (Å²) in [6.45, 7) is 0.807. The molecule has 2 unspecified atom stereocenters. The summed E-state index contributed by atoms with van der Waals surface area (Å²) in [5.41, 5.74) is 24.4. The summed E-state index contributed by atoms with van der Waals surface area (Å²) in [5.74, 6) is -10.2. The number of amides is 10. The molecule has 32 heteroatoms. The molecule has 0 bridgehead atoms. The van der Waals surface area contributed by atoms with Crippen LogP contribution in [0.15, 0.2) is 83.3 Å². The molecule has 2 aromatic carbocycles. The minimum absolute atomic E-state index is 0.0148. The first kappa shape index (κ1) is 65.0. The zero-order valence-electron chi connectivity index (χ0n) is 46.3. The zero-order valence-corrected chi connectivity index (χ0v) is 47.9. The lowest BCUT2D eigenvalue weighted by molar-refractivity contribution is -0.139. The van der Waals surface area contributed by atoms with Gasteiger partial charge in [0.15, 0.2) is 17.7 Å². The minimum Gasteiger partial charge on any atom is -0.481 e. The number of H-pyrrole nitrogens is 2. The van der Waals surface area contributed by atoms with Crippen LogP contribution in [0.2, 0.25) is 0 Å². The molecule has 8 atom stereocenters. The Bertz CT molecular complexity index is 3080. The van der Waals surface area contributed by atoms with Crippen LogP contribution in [0.1, 0.15) is 62.3 Å². The van der Waals surface area contributed by atoms with E-state index in [1.54, 1.807) is 42.6 Å². The number of fused-ring (bicyclic) bond motifs is 1. The van der Waals surface area contributed by atoms with Crippen molar-refractivity contribution in [3.8, 4) is 0 Å². The van der Waals surface area contributed by atoms with Crippen LogP contribution in [-0.4, -0.2) is 181 Å². The number of rotatable bonds is 21. The van der Waals surface area contributed by atoms with Crippen molar-refractivity contribution in [3.63, 3.8) is 0 Å². The third-order valence-electron chi connectivity index (χ3n) is 13.5. The van der Waals surface area contributed by atoms with Gasteiger partial charge in [-0.1, -0.05) is 70.1 Å². The van der Waals surface area contributed by atoms with E-state index in [2.05, 4.69) is 67.5 Å². The van der Waals surface area contributed by atoms with Crippen molar-refractivity contribution in [1.82, 2.24) is 62.4 Å². The van der Waals surface area contributed by atoms with Crippen molar-refractivity contribution in [2.24, 2.45) is 32.9 Å². The van der Waals surface area contributed by atoms with E-state index in [0.717, 1.165) is 32.5 Å². The molecular formula is C53H70N18O12S2. The SMILES string of the molecule is CC(=O)C1CSSC[C@H](NC(=O)[C@H](CCCN=C(N)N)N2C(=O)CNC2=O)C(=O)N[C@@H](CCC(=O)O)C(=O)NC(Cc2cnc[nH]2)C(=O)N[C@H](Cc2ccccc2)C(=O)N[C@@H](CCCN=C(N)N)C(=O)N[C@@H](Cc2c[nH]c3ccccc23)C(=O)N1. The van der Waals surface area contributed by atoms with E-state index in [-0.39, 0.29) is 81.5 Å². The first-order valence-electron chi connectivity index (χ1n) is 27.0. The van der Waals surface area contributed by atoms with Crippen LogP contribution in [0.4, 0.5) is 4.79 Å². The summed E-state index contributed by atoms with van der Waals surface area (Å²) in [6.07, 6.45) is 2.43. The van der Waals surface area contributed by atoms with Crippen molar-refractivity contribution < 1.29 is 57.8 Å². The number of urea groups is 1. The molecule has 2 aromatic heterocycles. The van der Waals surface area contributed by atoms with E-state index in [1.165, 1.54) is 19.4 Å². The second-order valence-electron chi connectivity index (χ2n) is 19.9. The number of ketones is 1. The Morgan fingerprint density at radius 2 is 1.27 bits per heavy atom. The number of hydrogen-bond acceptors (Lipinski definition) is 16. The number of nitrogens with zero attached hydrogens (tertiary/aromatic N) is 4. The highest BCUT2D eigenvalue weighted by Gasteiger charge is 2.41. The highest BCUT2D eigenvalue weighted by molar-refractivity contribution is 8.76. The van der Waals surface area contributed by atoms with Crippen molar-refractivity contribution >= 4 is 109 Å². The number of imide groups is 1. The summed E-state index contributed by atoms with van der Waals surface area (Å²) in [5, 5.41) is 31.6. The van der Waals surface area contributed by atoms with Gasteiger partial charge in [-0.2, -0.15) is 0 Å². The molecule has 2 aliphatic rings. The smallest absolute Gasteiger partial charge is 0.325 e. The molecule has 2 saturated heterocycles. The van der Waals surface area contributed by atoms with E-state index in [1.807, 2.05) is 18.2 Å². The van der Waals surface area contributed by atoms with Crippen LogP contribution in [0, 0.1) is 0 Å². The van der Waals surface area contributed by atoms with Gasteiger partial charge >= 0.3 is 12.0 Å². The van der Waals surface area contributed by atoms with Gasteiger partial charge in [0.25, 0.3) is 5.91 Å². The molecule has 2 fully saturated rings. The Hall–Kier alpha value is -9.20. The number of hydrogen-bond donors (Lipinski definition) is 15. The summed E-state index contributed by atoms with van der Waals surface area (Å²) < 4.78 is 0. The average Bonchev–Trinajstić information content (AvgIpc) is 3.65. The van der Waals surface area contributed by atoms with Crippen molar-refractivity contribution in [3.05, 3.63) is 90.1 Å². The molecule has 0 spiro atoms. The van der Waals surface area contributed by atoms with Gasteiger partial charge in [0.2, 0.25) is 41.4 Å². The lowest BCUT2D eigenvalue weighted by Gasteiger charge is -2.28. The molecule has 4 aromatic rings. The monoisotopic (exact) mass is 1210 g/mol. The topological polar surface area (TPSA) is 481 Å². The number of para-hydroxylation sites is 1. The molecule has 4 heterocycles. The summed E-state index contributed by atoms with van der Waals surface area (Å²) in [6, 6.07) is 2.86. The lowest BCUT2D eigenvalue weighted by Crippen LogP contribution is -2.61. The number of carbonyl (C=O) groups excluding carboxylic acids is 10. The van der Waals surface area contributed by atoms with Crippen molar-refractivity contribution in [1.29, 1.82) is 0 Å². The van der Waals surface area contributed by atoms with Crippen LogP contribution >= 0.6 is 21.6 Å². The van der Waals surface area contributed by atoms with Gasteiger partial charge < -0.3 is 80.5 Å². The van der Waals surface area contributed by atoms with Gasteiger partial charge in [-0.05, 0) is 56.2 Å². The molecule has 0 aliphatic carbocycles. The van der Waals surface area contributed by atoms with Crippen LogP contribution in [-0.2, 0) is 67.2 Å². The van der Waals surface area contributed by atoms with Crippen LogP contribution in [0.3, 0.4) is 0 Å². The molecule has 30 nitrogen and oxygen atoms in total. The third-order valence-corrected chi connectivity index (χ3v) is 16.0. The maximum Gasteiger partial charge on any atom is 0.325 e. The number of guanidine groups is 2. The fourth-order valence-electron chi connectivity index (χ4n) is 9.12. The number of imidazole rings is 1. The van der Waals surface area contributed by atoms with Gasteiger partial charge in [0.05, 0.1) is 18.9 Å². The molecular weight excluding hydrogens is 1140 g/mol. The number of nitrogens with one attached hydrogen (secondary N) is 10. The summed E-state index contributed by atoms with van der Waals surface area (Å²) in [4.78, 5) is 173. The lowest BCUT2D eigenvalue weighted by atomic mass is 10.0. The Balaban J connectivity index is 1.42. The standard InChI is InChI=1S/C53H70N18O12S2/c1-28(72)39-25-84-85-26-40(70-50(82)41(14-8-18-60-52(56)57)71-42(73)24-62-53(71)83)49(81)65-35(15-16-43(74)75)45(77)68-38(21-31-23-58-27-63-31)48(80)66-36(19-29-9-3-2-4-10-29)46(78)64-34(13-7-17-59-51(54)55)44(76)67-37(47(79)69-39)20-30-22-61-33-12-6-5-11-32(30)33/h2-6,9-12,22-23,27,34-41,61H,7-8,13-21,24-26H2,1H3,(H,58,63)(H,62,83)(H,64,78)(H,65,81)(H,66,80)(H,67,76)(H,68,77)(H,69,79)(H,70,82)(H,74,75)(H4,54,55,59)(H4,56,57,60)/t34-,35-,36+,37-,38?,39?,40-,41-/m0/s1. The molecule has 0 saturated carbocycles. The highest BCUT2D eigenvalue weighted by Crippen LogP contribution is 2.25. The Labute approximate surface area is 495 Å². The number of aliphatic imine (C=N–C) groups is 2. The average molecular weight is 1220 g/mol. The number of benzene rings is 2. The number of aliphatic carboxylic acids is 1. The summed E-state index contributed by atoms with van der Waals surface area (Å²) >= 11 is 0. The molecule has 19 N–H and O–H groups in total. The van der Waals surface area contributed by atoms with Crippen LogP contribution < -0.4 is 65.5 Å². The minimum atomic E-state index is -1.73. The number of Topliss-reactive ketones (excluding diaryl/α,β-unsaturated/α-hetero) is 1. The second kappa shape index (κ2) is 32.0. The first-order valence-corrected chi connectivity index (χ1v) is 29.5. The van der Waals surface area contributed by atoms with Crippen LogP contribution in [0.25, 0.3) is 10.9 Å². The second-order valence-corrected chi connectivity index (χ2v) is 22.5. The van der Waals surface area contributed by atoms with E-state index < -0.39 is 133 Å². The summed E-state index contributed by atoms with van der Waals surface area (Å²) in [7, 11) is 1.92. The van der Waals surface area contributed by atoms with Gasteiger partial charge in [0.1, 0.15) is 42.3 Å². The Morgan fingerprint density at radius 3 is 1.89 bits per heavy atom. The molecule has 456 valence electrons. The van der Waals surface area contributed by atoms with Crippen LogP contribution in [0.5, 0.6) is 0 Å². The van der Waals surface area contributed by atoms with Gasteiger partial charge in [-0.15, -0.1) is 0 Å². The molecule has 6 rings (SSSR count). The number of aromatic amines is 2. The maximum atomic E-state index is 14.8. The van der Waals surface area contributed by atoms with E-state index in [0.29, 0.717) is 21.7 Å². The number of carbonyl (C=O) groups is 11. The Morgan fingerprint density at radius 1 is 0.694 bits per heavy atom. The fraction of sp³-hybridized carbons (Fsp3) is 0.434. The zero-order chi connectivity index (χ0) is 61.6. The van der Waals surface area contributed by atoms with Crippen molar-refractivity contribution in [2.75, 3.05) is 31.1 Å². The normalized spacial score (nSPS) is 21.8. The number of nitrogens with two attached hydrogens (primary N) is 4. The predicted octanol–water partition coefficient (Wildman–Crippen LogP) is -2.81.